The molecule has 21 heavy (non-hydrogen) atoms. The minimum Gasteiger partial charge on any atom is -0.383 e. The van der Waals surface area contributed by atoms with Gasteiger partial charge in [0.05, 0.1) is 5.56 Å². The molecule has 1 aromatic heterocycles. The molecule has 0 bridgehead atoms. The van der Waals surface area contributed by atoms with Crippen molar-refractivity contribution in [2.45, 2.75) is 16.2 Å². The molecular formula is C12H9F3N4OS. The summed E-state index contributed by atoms with van der Waals surface area (Å²) in [5.41, 5.74) is 9.93. The topological polar surface area (TPSA) is 94.9 Å². The maximum Gasteiger partial charge on any atom is 0.417 e. The lowest BCUT2D eigenvalue weighted by Crippen LogP contribution is -2.08. The molecule has 0 atom stereocenters. The fourth-order valence-corrected chi connectivity index (χ4v) is 2.46. The number of benzene rings is 1. The fourth-order valence-electron chi connectivity index (χ4n) is 1.54. The van der Waals surface area contributed by atoms with Gasteiger partial charge in [-0.1, -0.05) is 6.07 Å². The van der Waals surface area contributed by atoms with Crippen molar-refractivity contribution in [1.29, 1.82) is 0 Å². The first-order chi connectivity index (χ1) is 9.79. The van der Waals surface area contributed by atoms with Gasteiger partial charge in [-0.05, 0) is 23.9 Å². The van der Waals surface area contributed by atoms with E-state index in [9.17, 15) is 18.0 Å². The van der Waals surface area contributed by atoms with Gasteiger partial charge >= 0.3 is 6.18 Å². The van der Waals surface area contributed by atoms with Crippen LogP contribution in [0, 0.1) is 0 Å². The Balaban J connectivity index is 2.46. The van der Waals surface area contributed by atoms with E-state index in [4.69, 9.17) is 11.5 Å². The minimum atomic E-state index is -4.60. The molecule has 2 aromatic rings. The fraction of sp³-hybridized carbons (Fsp3) is 0.0833. The largest absolute Gasteiger partial charge is 0.417 e. The molecule has 9 heteroatoms. The van der Waals surface area contributed by atoms with Crippen LogP contribution < -0.4 is 11.5 Å². The Morgan fingerprint density at radius 3 is 2.24 bits per heavy atom. The van der Waals surface area contributed by atoms with Gasteiger partial charge in [-0.25, -0.2) is 9.97 Å². The highest BCUT2D eigenvalue weighted by atomic mass is 32.2. The number of nitrogens with zero attached hydrogens (tertiary/aromatic N) is 2. The van der Waals surface area contributed by atoms with Crippen molar-refractivity contribution in [2.24, 2.45) is 0 Å². The predicted molar refractivity (Wildman–Crippen MR) is 71.8 cm³/mol. The molecule has 0 aliphatic heterocycles. The first kappa shape index (κ1) is 15.1. The first-order valence-electron chi connectivity index (χ1n) is 5.54. The van der Waals surface area contributed by atoms with Crippen LogP contribution >= 0.6 is 11.8 Å². The van der Waals surface area contributed by atoms with E-state index >= 15 is 0 Å². The molecule has 1 aromatic carbocycles. The van der Waals surface area contributed by atoms with Gasteiger partial charge < -0.3 is 11.5 Å². The highest BCUT2D eigenvalue weighted by Gasteiger charge is 2.34. The van der Waals surface area contributed by atoms with Gasteiger partial charge in [0.25, 0.3) is 0 Å². The second-order valence-corrected chi connectivity index (χ2v) is 4.98. The normalized spacial score (nSPS) is 11.4. The van der Waals surface area contributed by atoms with Gasteiger partial charge in [0.15, 0.2) is 5.16 Å². The Kier molecular flexibility index (Phi) is 4.03. The molecule has 5 nitrogen and oxygen atoms in total. The summed E-state index contributed by atoms with van der Waals surface area (Å²) in [6.07, 6.45) is -4.26. The Morgan fingerprint density at radius 2 is 1.71 bits per heavy atom. The standard InChI is InChI=1S/C12H9F3N4OS/c13-12(14,15)7-3-6(5-20)1-2-8(7)21-11-18-9(16)4-10(17)19-11/h1-5H,(H4,16,17,18,19). The lowest BCUT2D eigenvalue weighted by Gasteiger charge is -2.12. The maximum atomic E-state index is 13.0. The Hall–Kier alpha value is -2.29. The lowest BCUT2D eigenvalue weighted by molar-refractivity contribution is -0.139. The molecule has 0 spiro atoms. The van der Waals surface area contributed by atoms with Crippen molar-refractivity contribution >= 4 is 29.7 Å². The second kappa shape index (κ2) is 5.60. The average Bonchev–Trinajstić information content (AvgIpc) is 2.36. The highest BCUT2D eigenvalue weighted by Crippen LogP contribution is 2.39. The highest BCUT2D eigenvalue weighted by molar-refractivity contribution is 7.99. The molecular weight excluding hydrogens is 305 g/mol. The molecule has 0 saturated heterocycles. The summed E-state index contributed by atoms with van der Waals surface area (Å²) in [5, 5.41) is -0.00291. The third kappa shape index (κ3) is 3.63. The molecule has 0 radical (unpaired) electrons. The SMILES string of the molecule is Nc1cc(N)nc(Sc2ccc(C=O)cc2C(F)(F)F)n1. The Labute approximate surface area is 121 Å². The Bertz CT molecular complexity index is 670. The van der Waals surface area contributed by atoms with Crippen LogP contribution in [0.1, 0.15) is 15.9 Å². The number of rotatable bonds is 3. The van der Waals surface area contributed by atoms with E-state index < -0.39 is 11.7 Å². The average molecular weight is 314 g/mol. The third-order valence-corrected chi connectivity index (χ3v) is 3.33. The van der Waals surface area contributed by atoms with Crippen molar-refractivity contribution in [2.75, 3.05) is 11.5 Å². The minimum absolute atomic E-state index is 0.00291. The van der Waals surface area contributed by atoms with Gasteiger partial charge in [-0.15, -0.1) is 0 Å². The van der Waals surface area contributed by atoms with Gasteiger partial charge in [-0.2, -0.15) is 13.2 Å². The number of hydrogen-bond donors (Lipinski definition) is 2. The number of nitrogens with two attached hydrogens (primary N) is 2. The van der Waals surface area contributed by atoms with Crippen LogP contribution in [0.5, 0.6) is 0 Å². The number of halogens is 3. The van der Waals surface area contributed by atoms with E-state index in [0.717, 1.165) is 6.07 Å². The number of carbonyl (C=O) groups is 1. The van der Waals surface area contributed by atoms with E-state index in [0.29, 0.717) is 18.0 Å². The van der Waals surface area contributed by atoms with E-state index in [1.165, 1.54) is 18.2 Å². The third-order valence-electron chi connectivity index (χ3n) is 2.39. The van der Waals surface area contributed by atoms with Gasteiger partial charge in [0.2, 0.25) is 0 Å². The number of hydrogen-bond acceptors (Lipinski definition) is 6. The lowest BCUT2D eigenvalue weighted by atomic mass is 10.1. The molecule has 0 saturated carbocycles. The molecule has 0 unspecified atom stereocenters. The van der Waals surface area contributed by atoms with Crippen LogP contribution in [0.25, 0.3) is 0 Å². The summed E-state index contributed by atoms with van der Waals surface area (Å²) >= 11 is 0.670. The molecule has 1 heterocycles. The zero-order valence-corrected chi connectivity index (χ0v) is 11.2. The van der Waals surface area contributed by atoms with Gasteiger partial charge in [0.1, 0.15) is 17.9 Å². The summed E-state index contributed by atoms with van der Waals surface area (Å²) in [6, 6.07) is 4.52. The maximum absolute atomic E-state index is 13.0. The molecule has 0 amide bonds. The summed E-state index contributed by atoms with van der Waals surface area (Å²) in [4.78, 5) is 18.1. The van der Waals surface area contributed by atoms with Crippen molar-refractivity contribution in [3.05, 3.63) is 35.4 Å². The van der Waals surface area contributed by atoms with Crippen molar-refractivity contribution in [1.82, 2.24) is 9.97 Å². The van der Waals surface area contributed by atoms with Crippen LogP contribution in [-0.4, -0.2) is 16.3 Å². The molecule has 4 N–H and O–H groups in total. The van der Waals surface area contributed by atoms with Crippen LogP contribution in [0.4, 0.5) is 24.8 Å². The van der Waals surface area contributed by atoms with Crippen LogP contribution in [0.2, 0.25) is 0 Å². The zero-order chi connectivity index (χ0) is 15.6. The summed E-state index contributed by atoms with van der Waals surface area (Å²) in [6.45, 7) is 0. The number of aromatic nitrogens is 2. The first-order valence-corrected chi connectivity index (χ1v) is 6.35. The number of carbonyl (C=O) groups excluding carboxylic acids is 1. The van der Waals surface area contributed by atoms with Gasteiger partial charge in [0, 0.05) is 16.5 Å². The van der Waals surface area contributed by atoms with E-state index in [-0.39, 0.29) is 27.3 Å². The number of alkyl halides is 3. The van der Waals surface area contributed by atoms with Gasteiger partial charge in [-0.3, -0.25) is 4.79 Å². The van der Waals surface area contributed by atoms with Crippen molar-refractivity contribution < 1.29 is 18.0 Å². The second-order valence-electron chi connectivity index (χ2n) is 3.97. The Morgan fingerprint density at radius 1 is 1.10 bits per heavy atom. The molecule has 0 aliphatic rings. The summed E-state index contributed by atoms with van der Waals surface area (Å²) < 4.78 is 39.0. The van der Waals surface area contributed by atoms with Crippen molar-refractivity contribution in [3.63, 3.8) is 0 Å². The monoisotopic (exact) mass is 314 g/mol. The molecule has 0 fully saturated rings. The summed E-state index contributed by atoms with van der Waals surface area (Å²) in [5.74, 6) is 0.117. The molecule has 2 rings (SSSR count). The van der Waals surface area contributed by atoms with E-state index in [1.54, 1.807) is 0 Å². The number of nitrogen functional groups attached to an aromatic ring is 2. The smallest absolute Gasteiger partial charge is 0.383 e. The quantitative estimate of drug-likeness (QED) is 0.668. The van der Waals surface area contributed by atoms with Crippen LogP contribution in [-0.2, 0) is 6.18 Å². The van der Waals surface area contributed by atoms with E-state index in [2.05, 4.69) is 9.97 Å². The zero-order valence-electron chi connectivity index (χ0n) is 10.4. The predicted octanol–water partition coefficient (Wildman–Crippen LogP) is 2.62. The van der Waals surface area contributed by atoms with E-state index in [1.807, 2.05) is 0 Å². The van der Waals surface area contributed by atoms with Crippen molar-refractivity contribution in [3.8, 4) is 0 Å². The molecule has 110 valence electrons. The van der Waals surface area contributed by atoms with Crippen LogP contribution in [0.15, 0.2) is 34.3 Å². The number of anilines is 2. The van der Waals surface area contributed by atoms with Crippen LogP contribution in [0.3, 0.4) is 0 Å². The molecule has 0 aliphatic carbocycles. The summed E-state index contributed by atoms with van der Waals surface area (Å²) in [7, 11) is 0. The number of aldehydes is 1.